The Kier molecular flexibility index (Phi) is 5.60. The van der Waals surface area contributed by atoms with Crippen LogP contribution in [-0.4, -0.2) is 23.0 Å². The van der Waals surface area contributed by atoms with Crippen LogP contribution >= 0.6 is 0 Å². The second kappa shape index (κ2) is 6.97. The molecule has 0 fully saturated rings. The van der Waals surface area contributed by atoms with Gasteiger partial charge in [-0.1, -0.05) is 27.2 Å². The van der Waals surface area contributed by atoms with Crippen LogP contribution in [0.25, 0.3) is 0 Å². The highest BCUT2D eigenvalue weighted by Gasteiger charge is 2.27. The van der Waals surface area contributed by atoms with E-state index < -0.39 is 12.0 Å². The number of nitrogens with one attached hydrogen (secondary N) is 1. The fraction of sp³-hybridized carbons (Fsp3) is 0.571. The first kappa shape index (κ1) is 15.3. The number of carboxylic acids is 1. The highest BCUT2D eigenvalue weighted by molar-refractivity contribution is 5.97. The summed E-state index contributed by atoms with van der Waals surface area (Å²) < 4.78 is 5.25. The highest BCUT2D eigenvalue weighted by atomic mass is 16.4. The van der Waals surface area contributed by atoms with Crippen molar-refractivity contribution < 1.29 is 19.1 Å². The fourth-order valence-electron chi connectivity index (χ4n) is 1.87. The number of aryl methyl sites for hydroxylation is 1. The molecular formula is C14H21NO4. The zero-order chi connectivity index (χ0) is 14.4. The van der Waals surface area contributed by atoms with E-state index in [4.69, 9.17) is 9.52 Å². The summed E-state index contributed by atoms with van der Waals surface area (Å²) >= 11 is 0. The number of hydrogen-bond acceptors (Lipinski definition) is 3. The average Bonchev–Trinajstić information content (AvgIpc) is 2.83. The van der Waals surface area contributed by atoms with Crippen LogP contribution in [0.4, 0.5) is 0 Å². The third-order valence-electron chi connectivity index (χ3n) is 3.23. The van der Waals surface area contributed by atoms with Crippen LogP contribution in [-0.2, 0) is 11.2 Å². The minimum atomic E-state index is -1.01. The Hall–Kier alpha value is -1.78. The maximum atomic E-state index is 12.1. The molecule has 0 radical (unpaired) electrons. The molecule has 0 bridgehead atoms. The van der Waals surface area contributed by atoms with Crippen molar-refractivity contribution in [3.05, 3.63) is 23.7 Å². The van der Waals surface area contributed by atoms with Crippen molar-refractivity contribution in [1.82, 2.24) is 5.32 Å². The number of carbonyl (C=O) groups is 2. The number of amides is 1. The molecule has 0 aliphatic heterocycles. The number of furan rings is 1. The van der Waals surface area contributed by atoms with Gasteiger partial charge >= 0.3 is 5.97 Å². The van der Waals surface area contributed by atoms with Crippen molar-refractivity contribution in [3.63, 3.8) is 0 Å². The van der Waals surface area contributed by atoms with Gasteiger partial charge in [-0.2, -0.15) is 0 Å². The predicted molar refractivity (Wildman–Crippen MR) is 71.0 cm³/mol. The van der Waals surface area contributed by atoms with Crippen LogP contribution in [0.5, 0.6) is 0 Å². The van der Waals surface area contributed by atoms with Crippen LogP contribution in [0.15, 0.2) is 16.7 Å². The van der Waals surface area contributed by atoms with Gasteiger partial charge < -0.3 is 14.8 Å². The van der Waals surface area contributed by atoms with Crippen LogP contribution in [0, 0.1) is 5.92 Å². The van der Waals surface area contributed by atoms with Gasteiger partial charge in [0, 0.05) is 6.42 Å². The summed E-state index contributed by atoms with van der Waals surface area (Å²) in [5.41, 5.74) is 0.427. The molecule has 19 heavy (non-hydrogen) atoms. The Morgan fingerprint density at radius 1 is 1.42 bits per heavy atom. The Labute approximate surface area is 113 Å². The van der Waals surface area contributed by atoms with E-state index in [0.717, 1.165) is 6.42 Å². The second-order valence-electron chi connectivity index (χ2n) is 4.68. The topological polar surface area (TPSA) is 79.5 Å². The van der Waals surface area contributed by atoms with Crippen molar-refractivity contribution in [3.8, 4) is 0 Å². The predicted octanol–water partition coefficient (Wildman–Crippen LogP) is 2.46. The van der Waals surface area contributed by atoms with Crippen LogP contribution < -0.4 is 5.32 Å². The van der Waals surface area contributed by atoms with Crippen LogP contribution in [0.3, 0.4) is 0 Å². The Balaban J connectivity index is 2.82. The van der Waals surface area contributed by atoms with Gasteiger partial charge in [-0.3, -0.25) is 4.79 Å². The lowest BCUT2D eigenvalue weighted by Crippen LogP contribution is -2.45. The lowest BCUT2D eigenvalue weighted by atomic mass is 9.99. The van der Waals surface area contributed by atoms with Gasteiger partial charge in [0.2, 0.25) is 0 Å². The largest absolute Gasteiger partial charge is 0.480 e. The summed E-state index contributed by atoms with van der Waals surface area (Å²) in [5, 5.41) is 11.7. The third kappa shape index (κ3) is 3.84. The van der Waals surface area contributed by atoms with Crippen molar-refractivity contribution in [2.45, 2.75) is 46.1 Å². The van der Waals surface area contributed by atoms with E-state index in [1.165, 1.54) is 6.26 Å². The molecule has 0 aliphatic rings. The number of carboxylic acid groups (broad SMARTS) is 1. The first-order valence-electron chi connectivity index (χ1n) is 6.61. The lowest BCUT2D eigenvalue weighted by Gasteiger charge is -2.20. The minimum absolute atomic E-state index is 0.122. The quantitative estimate of drug-likeness (QED) is 0.795. The van der Waals surface area contributed by atoms with Gasteiger partial charge in [-0.05, 0) is 18.4 Å². The normalized spacial score (nSPS) is 13.8. The summed E-state index contributed by atoms with van der Waals surface area (Å²) in [6, 6.07) is 0.706. The van der Waals surface area contributed by atoms with E-state index >= 15 is 0 Å². The minimum Gasteiger partial charge on any atom is -0.480 e. The van der Waals surface area contributed by atoms with Gasteiger partial charge in [0.05, 0.1) is 11.8 Å². The second-order valence-corrected chi connectivity index (χ2v) is 4.68. The average molecular weight is 267 g/mol. The number of rotatable bonds is 7. The van der Waals surface area contributed by atoms with Crippen molar-refractivity contribution in [2.24, 2.45) is 5.92 Å². The molecule has 106 valence electrons. The molecule has 2 unspecified atom stereocenters. The van der Waals surface area contributed by atoms with E-state index in [2.05, 4.69) is 5.32 Å². The van der Waals surface area contributed by atoms with Crippen LogP contribution in [0.1, 0.15) is 49.7 Å². The summed E-state index contributed by atoms with van der Waals surface area (Å²) in [5.74, 6) is -0.913. The maximum absolute atomic E-state index is 12.1. The van der Waals surface area contributed by atoms with Gasteiger partial charge in [-0.25, -0.2) is 4.79 Å². The summed E-state index contributed by atoms with van der Waals surface area (Å²) in [6.45, 7) is 5.69. The molecule has 2 N–H and O–H groups in total. The monoisotopic (exact) mass is 267 g/mol. The van der Waals surface area contributed by atoms with Gasteiger partial charge in [-0.15, -0.1) is 0 Å². The Morgan fingerprint density at radius 2 is 2.11 bits per heavy atom. The molecule has 0 saturated carbocycles. The third-order valence-corrected chi connectivity index (χ3v) is 3.23. The van der Waals surface area contributed by atoms with Gasteiger partial charge in [0.1, 0.15) is 11.8 Å². The lowest BCUT2D eigenvalue weighted by molar-refractivity contribution is -0.140. The maximum Gasteiger partial charge on any atom is 0.326 e. The molecule has 1 rings (SSSR count). The molecule has 1 aromatic heterocycles. The molecular weight excluding hydrogens is 246 g/mol. The molecule has 2 atom stereocenters. The Bertz CT molecular complexity index is 438. The molecule has 1 aromatic rings. The number of hydrogen-bond donors (Lipinski definition) is 2. The first-order valence-corrected chi connectivity index (χ1v) is 6.61. The molecule has 0 saturated heterocycles. The van der Waals surface area contributed by atoms with E-state index in [9.17, 15) is 9.59 Å². The van der Waals surface area contributed by atoms with Gasteiger partial charge in [0.25, 0.3) is 5.91 Å². The molecule has 1 heterocycles. The summed E-state index contributed by atoms with van der Waals surface area (Å²) in [4.78, 5) is 23.3. The molecule has 0 spiro atoms. The fourth-order valence-corrected chi connectivity index (χ4v) is 1.87. The first-order chi connectivity index (χ1) is 9.01. The zero-order valence-corrected chi connectivity index (χ0v) is 11.6. The van der Waals surface area contributed by atoms with Crippen LogP contribution in [0.2, 0.25) is 0 Å². The number of aliphatic carboxylic acids is 1. The zero-order valence-electron chi connectivity index (χ0n) is 11.6. The highest BCUT2D eigenvalue weighted by Crippen LogP contribution is 2.14. The summed E-state index contributed by atoms with van der Waals surface area (Å²) in [6.07, 6.45) is 3.67. The van der Waals surface area contributed by atoms with E-state index in [0.29, 0.717) is 24.2 Å². The molecule has 0 aromatic carbocycles. The van der Waals surface area contributed by atoms with E-state index in [1.54, 1.807) is 13.0 Å². The van der Waals surface area contributed by atoms with Crippen molar-refractivity contribution in [2.75, 3.05) is 0 Å². The number of carbonyl (C=O) groups excluding carboxylic acids is 1. The molecule has 5 nitrogen and oxygen atoms in total. The summed E-state index contributed by atoms with van der Waals surface area (Å²) in [7, 11) is 0. The van der Waals surface area contributed by atoms with E-state index in [-0.39, 0.29) is 11.8 Å². The Morgan fingerprint density at radius 3 is 2.63 bits per heavy atom. The van der Waals surface area contributed by atoms with E-state index in [1.807, 2.05) is 13.8 Å². The molecule has 0 aliphatic carbocycles. The molecule has 5 heteroatoms. The van der Waals surface area contributed by atoms with Crippen molar-refractivity contribution >= 4 is 11.9 Å². The van der Waals surface area contributed by atoms with Gasteiger partial charge in [0.15, 0.2) is 0 Å². The standard InChI is InChI=1S/C14H21NO4/c1-4-6-11-10(7-8-19-11)13(16)15-12(14(17)18)9(3)5-2/h7-9,12H,4-6H2,1-3H3,(H,15,16)(H,17,18). The van der Waals surface area contributed by atoms with Crippen molar-refractivity contribution in [1.29, 1.82) is 0 Å². The molecule has 1 amide bonds. The SMILES string of the molecule is CCCc1occc1C(=O)NC(C(=O)O)C(C)CC. The smallest absolute Gasteiger partial charge is 0.326 e.